The Morgan fingerprint density at radius 1 is 1.64 bits per heavy atom. The summed E-state index contributed by atoms with van der Waals surface area (Å²) in [5.74, 6) is 0.0356. The van der Waals surface area contributed by atoms with E-state index in [2.05, 4.69) is 6.92 Å². The lowest BCUT2D eigenvalue weighted by Crippen LogP contribution is -2.08. The molecule has 0 fully saturated rings. The molecule has 0 aromatic rings. The number of halogens is 1. The summed E-state index contributed by atoms with van der Waals surface area (Å²) in [5.41, 5.74) is 0. The normalized spacial score (nSPS) is 13.0. The summed E-state index contributed by atoms with van der Waals surface area (Å²) >= 11 is 0. The third kappa shape index (κ3) is 6.02. The largest absolute Gasteiger partial charge is 0.300 e. The monoisotopic (exact) mass is 159 g/mol. The average molecular weight is 159 g/mol. The summed E-state index contributed by atoms with van der Waals surface area (Å²) in [6, 6.07) is 0. The van der Waals surface area contributed by atoms with Gasteiger partial charge in [-0.1, -0.05) is 20.3 Å². The van der Waals surface area contributed by atoms with Crippen LogP contribution in [-0.4, -0.2) is 12.0 Å². The van der Waals surface area contributed by atoms with E-state index >= 15 is 0 Å². The zero-order valence-corrected chi connectivity index (χ0v) is 7.11. The Morgan fingerprint density at radius 3 is 2.73 bits per heavy atom. The van der Waals surface area contributed by atoms with Crippen molar-refractivity contribution in [1.29, 1.82) is 0 Å². The quantitative estimate of drug-likeness (QED) is 0.582. The van der Waals surface area contributed by atoms with Crippen LogP contribution in [0.5, 0.6) is 0 Å². The molecule has 11 heavy (non-hydrogen) atoms. The topological polar surface area (TPSA) is 17.1 Å². The van der Waals surface area contributed by atoms with E-state index in [4.69, 9.17) is 0 Å². The van der Waals surface area contributed by atoms with E-state index in [1.807, 2.05) is 6.92 Å². The van der Waals surface area contributed by atoms with E-state index < -0.39 is 6.17 Å². The summed E-state index contributed by atoms with van der Waals surface area (Å²) in [6.45, 7) is 5.45. The van der Waals surface area contributed by atoms with Gasteiger partial charge >= 0.3 is 0 Å². The van der Waals surface area contributed by atoms with Gasteiger partial charge < -0.3 is 0 Å². The molecule has 0 aliphatic carbocycles. The molecule has 0 saturated carbocycles. The lowest BCUT2D eigenvalue weighted by molar-refractivity contribution is -0.120. The number of carbonyl (C=O) groups excluding carboxylic acids is 1. The number of alkyl halides is 1. The summed E-state index contributed by atoms with van der Waals surface area (Å²) < 4.78 is 12.7. The summed E-state index contributed by atoms with van der Waals surface area (Å²) in [6.07, 6.45) is 1.43. The summed E-state index contributed by atoms with van der Waals surface area (Å²) in [5, 5.41) is 0. The van der Waals surface area contributed by atoms with Crippen LogP contribution in [0.15, 0.2) is 0 Å². The Bertz CT molecular complexity index is 112. The lowest BCUT2D eigenvalue weighted by Gasteiger charge is -2.03. The van der Waals surface area contributed by atoms with Crippen LogP contribution < -0.4 is 0 Å². The zero-order chi connectivity index (χ0) is 8.69. The molecule has 1 radical (unpaired) electrons. The maximum atomic E-state index is 12.7. The van der Waals surface area contributed by atoms with Crippen LogP contribution in [0.4, 0.5) is 4.39 Å². The van der Waals surface area contributed by atoms with Gasteiger partial charge in [-0.3, -0.25) is 4.79 Å². The minimum atomic E-state index is -0.966. The highest BCUT2D eigenvalue weighted by atomic mass is 19.1. The van der Waals surface area contributed by atoms with Crippen LogP contribution in [0.1, 0.15) is 39.0 Å². The van der Waals surface area contributed by atoms with Crippen molar-refractivity contribution in [2.75, 3.05) is 0 Å². The first-order valence-electron chi connectivity index (χ1n) is 4.15. The van der Waals surface area contributed by atoms with Gasteiger partial charge in [0.05, 0.1) is 0 Å². The van der Waals surface area contributed by atoms with Crippen LogP contribution in [0, 0.1) is 6.92 Å². The molecule has 0 aliphatic heterocycles. The molecular formula is C9H16FO. The predicted octanol–water partition coefficient (Wildman–Crippen LogP) is 2.70. The van der Waals surface area contributed by atoms with Crippen LogP contribution in [-0.2, 0) is 4.79 Å². The molecule has 1 atom stereocenters. The van der Waals surface area contributed by atoms with Gasteiger partial charge in [0, 0.05) is 12.8 Å². The molecule has 0 saturated heterocycles. The van der Waals surface area contributed by atoms with Crippen molar-refractivity contribution in [3.63, 3.8) is 0 Å². The molecule has 0 aromatic heterocycles. The fraction of sp³-hybridized carbons (Fsp3) is 0.778. The number of hydrogen-bond donors (Lipinski definition) is 0. The third-order valence-electron chi connectivity index (χ3n) is 1.50. The molecule has 0 amide bonds. The van der Waals surface area contributed by atoms with E-state index in [-0.39, 0.29) is 12.2 Å². The molecule has 0 aliphatic rings. The second-order valence-electron chi connectivity index (χ2n) is 2.73. The Kier molecular flexibility index (Phi) is 6.09. The van der Waals surface area contributed by atoms with Gasteiger partial charge in [-0.25, -0.2) is 4.39 Å². The van der Waals surface area contributed by atoms with Crippen LogP contribution in [0.2, 0.25) is 0 Å². The van der Waals surface area contributed by atoms with E-state index in [0.717, 1.165) is 6.42 Å². The lowest BCUT2D eigenvalue weighted by atomic mass is 10.1. The second kappa shape index (κ2) is 6.32. The minimum absolute atomic E-state index is 0.0356. The number of Topliss-reactive ketones (excluding diaryl/α,β-unsaturated/α-hetero) is 1. The molecule has 65 valence electrons. The molecule has 0 spiro atoms. The van der Waals surface area contributed by atoms with E-state index in [9.17, 15) is 9.18 Å². The van der Waals surface area contributed by atoms with E-state index in [0.29, 0.717) is 19.3 Å². The second-order valence-corrected chi connectivity index (χ2v) is 2.73. The molecular weight excluding hydrogens is 143 g/mol. The van der Waals surface area contributed by atoms with Crippen molar-refractivity contribution in [3.8, 4) is 0 Å². The predicted molar refractivity (Wildman–Crippen MR) is 44.0 cm³/mol. The molecule has 0 aromatic carbocycles. The van der Waals surface area contributed by atoms with E-state index in [1.165, 1.54) is 0 Å². The first kappa shape index (κ1) is 10.6. The van der Waals surface area contributed by atoms with E-state index in [1.54, 1.807) is 0 Å². The molecule has 1 nitrogen and oxygen atoms in total. The standard InChI is InChI=1S/C9H16FO/c1-3-5-8(10)7-9(11)6-4-2/h8H,1,3-7H2,2H3. The van der Waals surface area contributed by atoms with Gasteiger partial charge in [-0.05, 0) is 12.8 Å². The van der Waals surface area contributed by atoms with Crippen LogP contribution in [0.25, 0.3) is 0 Å². The fourth-order valence-electron chi connectivity index (χ4n) is 0.951. The molecule has 0 N–H and O–H groups in total. The van der Waals surface area contributed by atoms with Crippen molar-refractivity contribution in [1.82, 2.24) is 0 Å². The maximum absolute atomic E-state index is 12.7. The van der Waals surface area contributed by atoms with Crippen LogP contribution in [0.3, 0.4) is 0 Å². The zero-order valence-electron chi connectivity index (χ0n) is 7.11. The Balaban J connectivity index is 3.40. The summed E-state index contributed by atoms with van der Waals surface area (Å²) in [4.78, 5) is 10.9. The minimum Gasteiger partial charge on any atom is -0.300 e. The van der Waals surface area contributed by atoms with Gasteiger partial charge in [-0.2, -0.15) is 0 Å². The smallest absolute Gasteiger partial charge is 0.135 e. The highest BCUT2D eigenvalue weighted by molar-refractivity contribution is 5.78. The van der Waals surface area contributed by atoms with Crippen molar-refractivity contribution < 1.29 is 9.18 Å². The van der Waals surface area contributed by atoms with Gasteiger partial charge in [0.25, 0.3) is 0 Å². The van der Waals surface area contributed by atoms with Crippen molar-refractivity contribution in [3.05, 3.63) is 6.92 Å². The highest BCUT2D eigenvalue weighted by Gasteiger charge is 2.09. The molecule has 0 heterocycles. The Labute approximate surface area is 68.0 Å². The average Bonchev–Trinajstić information content (AvgIpc) is 1.87. The Morgan fingerprint density at radius 2 is 2.27 bits per heavy atom. The van der Waals surface area contributed by atoms with Crippen molar-refractivity contribution >= 4 is 5.78 Å². The number of hydrogen-bond acceptors (Lipinski definition) is 1. The highest BCUT2D eigenvalue weighted by Crippen LogP contribution is 2.08. The Hall–Kier alpha value is -0.400. The maximum Gasteiger partial charge on any atom is 0.135 e. The summed E-state index contributed by atoms with van der Waals surface area (Å²) in [7, 11) is 0. The molecule has 0 bridgehead atoms. The molecule has 0 rings (SSSR count). The number of rotatable bonds is 6. The SMILES string of the molecule is [CH2]CCC(F)CC(=O)CCC. The first-order chi connectivity index (χ1) is 5.20. The van der Waals surface area contributed by atoms with Crippen LogP contribution >= 0.6 is 0 Å². The fourth-order valence-corrected chi connectivity index (χ4v) is 0.951. The van der Waals surface area contributed by atoms with Crippen molar-refractivity contribution in [2.24, 2.45) is 0 Å². The number of carbonyl (C=O) groups is 1. The number of ketones is 1. The van der Waals surface area contributed by atoms with Gasteiger partial charge in [-0.15, -0.1) is 0 Å². The third-order valence-corrected chi connectivity index (χ3v) is 1.50. The molecule has 1 unspecified atom stereocenters. The van der Waals surface area contributed by atoms with Gasteiger partial charge in [0.1, 0.15) is 12.0 Å². The molecule has 2 heteroatoms. The first-order valence-corrected chi connectivity index (χ1v) is 4.15. The van der Waals surface area contributed by atoms with Gasteiger partial charge in [0.2, 0.25) is 0 Å². The van der Waals surface area contributed by atoms with Gasteiger partial charge in [0.15, 0.2) is 0 Å². The van der Waals surface area contributed by atoms with Crippen molar-refractivity contribution in [2.45, 2.75) is 45.2 Å².